The van der Waals surface area contributed by atoms with Gasteiger partial charge in [-0.1, -0.05) is 31.2 Å². The molecule has 0 radical (unpaired) electrons. The lowest BCUT2D eigenvalue weighted by molar-refractivity contribution is 0.274. The maximum Gasteiger partial charge on any atom is 0.127 e. The highest BCUT2D eigenvalue weighted by atomic mass is 19.1. The van der Waals surface area contributed by atoms with Crippen LogP contribution in [0.1, 0.15) is 29.5 Å². The third-order valence-corrected chi connectivity index (χ3v) is 3.92. The number of fused-ring (bicyclic) bond motifs is 1. The van der Waals surface area contributed by atoms with Gasteiger partial charge in [-0.05, 0) is 41.8 Å². The van der Waals surface area contributed by atoms with Crippen molar-refractivity contribution in [2.75, 3.05) is 13.2 Å². The normalized spacial score (nSPS) is 16.2. The van der Waals surface area contributed by atoms with E-state index in [1.54, 1.807) is 6.07 Å². The first-order valence-corrected chi connectivity index (χ1v) is 7.47. The summed E-state index contributed by atoms with van der Waals surface area (Å²) in [5, 5.41) is 3.20. The molecule has 3 rings (SSSR count). The first-order chi connectivity index (χ1) is 10.3. The molecule has 0 saturated heterocycles. The van der Waals surface area contributed by atoms with Crippen LogP contribution in [0.25, 0.3) is 0 Å². The highest BCUT2D eigenvalue weighted by Crippen LogP contribution is 2.35. The molecule has 1 atom stereocenters. The Morgan fingerprint density at radius 3 is 2.90 bits per heavy atom. The summed E-state index contributed by atoms with van der Waals surface area (Å²) >= 11 is 0. The molecule has 0 spiro atoms. The molecule has 1 aliphatic rings. The minimum absolute atomic E-state index is 0.241. The molecule has 0 aromatic heterocycles. The van der Waals surface area contributed by atoms with Gasteiger partial charge < -0.3 is 10.1 Å². The smallest absolute Gasteiger partial charge is 0.127 e. The van der Waals surface area contributed by atoms with Crippen LogP contribution in [0.2, 0.25) is 0 Å². The molecule has 3 heteroatoms. The fraction of sp³-hybridized carbons (Fsp3) is 0.333. The number of nitrogens with one attached hydrogen (secondary N) is 1. The van der Waals surface area contributed by atoms with Gasteiger partial charge in [0.25, 0.3) is 0 Å². The Bertz CT molecular complexity index is 626. The van der Waals surface area contributed by atoms with E-state index in [2.05, 4.69) is 29.6 Å². The molecule has 0 fully saturated rings. The van der Waals surface area contributed by atoms with E-state index in [0.29, 0.717) is 24.8 Å². The van der Waals surface area contributed by atoms with Crippen LogP contribution in [-0.4, -0.2) is 13.2 Å². The molecular formula is C18H20FNO. The second-order valence-corrected chi connectivity index (χ2v) is 5.49. The SMILES string of the molecule is CCNCc1cc(F)cc(OCC2Cc3ccccc32)c1. The van der Waals surface area contributed by atoms with Crippen LogP contribution >= 0.6 is 0 Å². The highest BCUT2D eigenvalue weighted by molar-refractivity contribution is 5.40. The van der Waals surface area contributed by atoms with Crippen molar-refractivity contribution in [1.82, 2.24) is 5.32 Å². The summed E-state index contributed by atoms with van der Waals surface area (Å²) in [6.45, 7) is 4.17. The Hall–Kier alpha value is -1.87. The molecule has 0 aliphatic heterocycles. The second kappa shape index (κ2) is 6.27. The Kier molecular flexibility index (Phi) is 4.20. The largest absolute Gasteiger partial charge is 0.493 e. The van der Waals surface area contributed by atoms with Crippen LogP contribution in [-0.2, 0) is 13.0 Å². The zero-order valence-electron chi connectivity index (χ0n) is 12.2. The summed E-state index contributed by atoms with van der Waals surface area (Å²) in [5.41, 5.74) is 3.68. The molecule has 2 nitrogen and oxygen atoms in total. The lowest BCUT2D eigenvalue weighted by Crippen LogP contribution is -2.23. The Labute approximate surface area is 125 Å². The zero-order valence-corrected chi connectivity index (χ0v) is 12.2. The van der Waals surface area contributed by atoms with E-state index in [-0.39, 0.29) is 5.82 Å². The summed E-state index contributed by atoms with van der Waals surface area (Å²) in [4.78, 5) is 0. The van der Waals surface area contributed by atoms with E-state index < -0.39 is 0 Å². The molecule has 2 aromatic carbocycles. The molecule has 0 heterocycles. The maximum atomic E-state index is 13.6. The number of benzene rings is 2. The third-order valence-electron chi connectivity index (χ3n) is 3.92. The van der Waals surface area contributed by atoms with Crippen molar-refractivity contribution >= 4 is 0 Å². The van der Waals surface area contributed by atoms with Crippen LogP contribution in [0.4, 0.5) is 4.39 Å². The summed E-state index contributed by atoms with van der Waals surface area (Å²) in [6.07, 6.45) is 1.05. The van der Waals surface area contributed by atoms with E-state index in [1.165, 1.54) is 17.2 Å². The van der Waals surface area contributed by atoms with Gasteiger partial charge in [-0.3, -0.25) is 0 Å². The molecule has 0 saturated carbocycles. The number of ether oxygens (including phenoxy) is 1. The highest BCUT2D eigenvalue weighted by Gasteiger charge is 2.25. The van der Waals surface area contributed by atoms with Crippen molar-refractivity contribution in [2.45, 2.75) is 25.8 Å². The minimum atomic E-state index is -0.241. The van der Waals surface area contributed by atoms with Crippen molar-refractivity contribution < 1.29 is 9.13 Å². The predicted octanol–water partition coefficient (Wildman–Crippen LogP) is 3.65. The van der Waals surface area contributed by atoms with Gasteiger partial charge in [0.1, 0.15) is 11.6 Å². The first-order valence-electron chi connectivity index (χ1n) is 7.47. The molecule has 0 amide bonds. The number of halogens is 1. The summed E-state index contributed by atoms with van der Waals surface area (Å²) in [7, 11) is 0. The standard InChI is InChI=1S/C18H20FNO/c1-2-20-11-13-7-16(19)10-17(8-13)21-12-15-9-14-5-3-4-6-18(14)15/h3-8,10,15,20H,2,9,11-12H2,1H3. The van der Waals surface area contributed by atoms with Gasteiger partial charge in [-0.2, -0.15) is 0 Å². The topological polar surface area (TPSA) is 21.3 Å². The molecule has 1 N–H and O–H groups in total. The van der Waals surface area contributed by atoms with Gasteiger partial charge >= 0.3 is 0 Å². The number of hydrogen-bond acceptors (Lipinski definition) is 2. The lowest BCUT2D eigenvalue weighted by atomic mass is 9.78. The monoisotopic (exact) mass is 285 g/mol. The van der Waals surface area contributed by atoms with E-state index in [0.717, 1.165) is 18.5 Å². The molecule has 21 heavy (non-hydrogen) atoms. The Morgan fingerprint density at radius 1 is 1.24 bits per heavy atom. The van der Waals surface area contributed by atoms with Crippen LogP contribution in [0.15, 0.2) is 42.5 Å². The van der Waals surface area contributed by atoms with Crippen LogP contribution < -0.4 is 10.1 Å². The average Bonchev–Trinajstić information content (AvgIpc) is 2.45. The van der Waals surface area contributed by atoms with Gasteiger partial charge in [0.05, 0.1) is 6.61 Å². The molecule has 1 unspecified atom stereocenters. The average molecular weight is 285 g/mol. The molecule has 1 aliphatic carbocycles. The van der Waals surface area contributed by atoms with E-state index in [9.17, 15) is 4.39 Å². The predicted molar refractivity (Wildman–Crippen MR) is 82.2 cm³/mol. The molecule has 110 valence electrons. The fourth-order valence-corrected chi connectivity index (χ4v) is 2.78. The Balaban J connectivity index is 1.62. The number of rotatable bonds is 6. The second-order valence-electron chi connectivity index (χ2n) is 5.49. The van der Waals surface area contributed by atoms with Gasteiger partial charge in [-0.25, -0.2) is 4.39 Å². The van der Waals surface area contributed by atoms with Crippen molar-refractivity contribution in [3.8, 4) is 5.75 Å². The van der Waals surface area contributed by atoms with Gasteiger partial charge in [0, 0.05) is 18.5 Å². The van der Waals surface area contributed by atoms with E-state index >= 15 is 0 Å². The summed E-state index contributed by atoms with van der Waals surface area (Å²) in [5.74, 6) is 0.809. The van der Waals surface area contributed by atoms with Crippen LogP contribution in [0.3, 0.4) is 0 Å². The first kappa shape index (κ1) is 14.1. The van der Waals surface area contributed by atoms with Gasteiger partial charge in [-0.15, -0.1) is 0 Å². The van der Waals surface area contributed by atoms with Gasteiger partial charge in [0.2, 0.25) is 0 Å². The quantitative estimate of drug-likeness (QED) is 0.874. The minimum Gasteiger partial charge on any atom is -0.493 e. The molecule has 0 bridgehead atoms. The number of hydrogen-bond donors (Lipinski definition) is 1. The maximum absolute atomic E-state index is 13.6. The fourth-order valence-electron chi connectivity index (χ4n) is 2.78. The van der Waals surface area contributed by atoms with Gasteiger partial charge in [0.15, 0.2) is 0 Å². The Morgan fingerprint density at radius 2 is 2.10 bits per heavy atom. The molecular weight excluding hydrogens is 265 g/mol. The zero-order chi connectivity index (χ0) is 14.7. The third kappa shape index (κ3) is 3.24. The summed E-state index contributed by atoms with van der Waals surface area (Å²) in [6, 6.07) is 13.3. The van der Waals surface area contributed by atoms with Crippen LogP contribution in [0, 0.1) is 5.82 Å². The van der Waals surface area contributed by atoms with Crippen molar-refractivity contribution in [2.24, 2.45) is 0 Å². The van der Waals surface area contributed by atoms with Crippen molar-refractivity contribution in [1.29, 1.82) is 0 Å². The van der Waals surface area contributed by atoms with Crippen molar-refractivity contribution in [3.63, 3.8) is 0 Å². The lowest BCUT2D eigenvalue weighted by Gasteiger charge is -2.29. The molecule has 2 aromatic rings. The van der Waals surface area contributed by atoms with Crippen molar-refractivity contribution in [3.05, 3.63) is 65.0 Å². The van der Waals surface area contributed by atoms with E-state index in [1.807, 2.05) is 13.0 Å². The summed E-state index contributed by atoms with van der Waals surface area (Å²) < 4.78 is 19.4. The van der Waals surface area contributed by atoms with Crippen LogP contribution in [0.5, 0.6) is 5.75 Å². The van der Waals surface area contributed by atoms with E-state index in [4.69, 9.17) is 4.74 Å².